The minimum atomic E-state index is -0.753. The van der Waals surface area contributed by atoms with E-state index in [-0.39, 0.29) is 5.91 Å². The van der Waals surface area contributed by atoms with Crippen molar-refractivity contribution in [3.05, 3.63) is 66.2 Å². The summed E-state index contributed by atoms with van der Waals surface area (Å²) < 4.78 is 0. The molecule has 3 N–H and O–H groups in total. The van der Waals surface area contributed by atoms with Gasteiger partial charge in [0.25, 0.3) is 0 Å². The van der Waals surface area contributed by atoms with Crippen LogP contribution in [0.2, 0.25) is 0 Å². The van der Waals surface area contributed by atoms with Crippen LogP contribution in [0.15, 0.2) is 60.7 Å². The minimum absolute atomic E-state index is 0.336. The fourth-order valence-corrected chi connectivity index (χ4v) is 2.13. The van der Waals surface area contributed by atoms with Gasteiger partial charge >= 0.3 is 0 Å². The van der Waals surface area contributed by atoms with E-state index >= 15 is 0 Å². The molecule has 20 heavy (non-hydrogen) atoms. The molecule has 0 aliphatic carbocycles. The van der Waals surface area contributed by atoms with Crippen LogP contribution in [0, 0.1) is 0 Å². The summed E-state index contributed by atoms with van der Waals surface area (Å²) in [5.41, 5.74) is 6.94. The van der Waals surface area contributed by atoms with Crippen LogP contribution in [-0.4, -0.2) is 11.4 Å². The number of nitrogens with two attached hydrogens (primary N) is 1. The second-order valence-corrected chi connectivity index (χ2v) is 5.17. The fraction of sp³-hybridized carbons (Fsp3) is 0.235. The van der Waals surface area contributed by atoms with Crippen LogP contribution < -0.4 is 11.1 Å². The van der Waals surface area contributed by atoms with E-state index in [9.17, 15) is 4.79 Å². The van der Waals surface area contributed by atoms with Crippen molar-refractivity contribution in [1.29, 1.82) is 0 Å². The van der Waals surface area contributed by atoms with E-state index in [1.54, 1.807) is 0 Å². The summed E-state index contributed by atoms with van der Waals surface area (Å²) in [7, 11) is 0. The molecular formula is C17H20N2O. The van der Waals surface area contributed by atoms with Crippen LogP contribution >= 0.6 is 0 Å². The quantitative estimate of drug-likeness (QED) is 0.846. The summed E-state index contributed by atoms with van der Waals surface area (Å²) in [6, 6.07) is 19.8. The van der Waals surface area contributed by atoms with Crippen molar-refractivity contribution in [1.82, 2.24) is 0 Å². The molecule has 0 aliphatic rings. The van der Waals surface area contributed by atoms with Crippen LogP contribution in [0.3, 0.4) is 0 Å². The molecule has 0 fully saturated rings. The van der Waals surface area contributed by atoms with Crippen molar-refractivity contribution in [3.8, 4) is 0 Å². The highest BCUT2D eigenvalue weighted by atomic mass is 16.1. The molecule has 2 rings (SSSR count). The molecule has 2 aromatic rings. The van der Waals surface area contributed by atoms with Gasteiger partial charge in [0.05, 0.1) is 0 Å². The largest absolute Gasteiger partial charge is 0.371 e. The van der Waals surface area contributed by atoms with Gasteiger partial charge in [0, 0.05) is 5.69 Å². The first kappa shape index (κ1) is 14.1. The second kappa shape index (κ2) is 6.24. The molecule has 0 aromatic heterocycles. The number of nitrogens with one attached hydrogen (secondary N) is 1. The Bertz CT molecular complexity index is 554. The van der Waals surface area contributed by atoms with Crippen molar-refractivity contribution in [2.75, 3.05) is 5.32 Å². The second-order valence-electron chi connectivity index (χ2n) is 5.17. The van der Waals surface area contributed by atoms with Crippen molar-refractivity contribution in [2.24, 2.45) is 5.73 Å². The molecule has 1 unspecified atom stereocenters. The number of carbonyl (C=O) groups is 1. The number of rotatable bonds is 6. The number of primary amides is 1. The Morgan fingerprint density at radius 3 is 2.15 bits per heavy atom. The van der Waals surface area contributed by atoms with E-state index in [2.05, 4.69) is 17.4 Å². The van der Waals surface area contributed by atoms with E-state index in [0.717, 1.165) is 12.1 Å². The number of para-hydroxylation sites is 1. The topological polar surface area (TPSA) is 55.1 Å². The van der Waals surface area contributed by atoms with Gasteiger partial charge in [-0.3, -0.25) is 4.79 Å². The Morgan fingerprint density at radius 1 is 1.05 bits per heavy atom. The lowest BCUT2D eigenvalue weighted by atomic mass is 9.92. The smallest absolute Gasteiger partial charge is 0.242 e. The maximum atomic E-state index is 11.8. The highest BCUT2D eigenvalue weighted by molar-refractivity contribution is 5.87. The Balaban J connectivity index is 2.08. The average molecular weight is 268 g/mol. The van der Waals surface area contributed by atoms with Crippen LogP contribution in [-0.2, 0) is 11.2 Å². The summed E-state index contributed by atoms with van der Waals surface area (Å²) in [4.78, 5) is 11.8. The zero-order valence-corrected chi connectivity index (χ0v) is 11.7. The Hall–Kier alpha value is -2.29. The van der Waals surface area contributed by atoms with Gasteiger partial charge in [-0.2, -0.15) is 0 Å². The lowest BCUT2D eigenvalue weighted by Gasteiger charge is -2.28. The maximum Gasteiger partial charge on any atom is 0.242 e. The Kier molecular flexibility index (Phi) is 4.41. The third-order valence-electron chi connectivity index (χ3n) is 3.49. The number of hydrogen-bond acceptors (Lipinski definition) is 2. The zero-order valence-electron chi connectivity index (χ0n) is 11.7. The lowest BCUT2D eigenvalue weighted by molar-refractivity contribution is -0.122. The predicted molar refractivity (Wildman–Crippen MR) is 82.4 cm³/mol. The third kappa shape index (κ3) is 3.60. The van der Waals surface area contributed by atoms with Gasteiger partial charge < -0.3 is 11.1 Å². The molecule has 0 saturated heterocycles. The van der Waals surface area contributed by atoms with Crippen LogP contribution in [0.5, 0.6) is 0 Å². The molecule has 3 heteroatoms. The van der Waals surface area contributed by atoms with E-state index in [4.69, 9.17) is 5.73 Å². The standard InChI is InChI=1S/C17H20N2O/c1-17(16(18)20,19-15-10-6-3-7-11-15)13-12-14-8-4-2-5-9-14/h2-11,19H,12-13H2,1H3,(H2,18,20). The zero-order chi connectivity index (χ0) is 14.4. The van der Waals surface area contributed by atoms with Crippen LogP contribution in [0.25, 0.3) is 0 Å². The van der Waals surface area contributed by atoms with Crippen molar-refractivity contribution < 1.29 is 4.79 Å². The normalized spacial score (nSPS) is 13.4. The third-order valence-corrected chi connectivity index (χ3v) is 3.49. The summed E-state index contributed by atoms with van der Waals surface area (Å²) in [5.74, 6) is -0.336. The molecule has 0 saturated carbocycles. The summed E-state index contributed by atoms with van der Waals surface area (Å²) in [6.45, 7) is 1.85. The molecule has 0 spiro atoms. The summed E-state index contributed by atoms with van der Waals surface area (Å²) >= 11 is 0. The molecule has 3 nitrogen and oxygen atoms in total. The van der Waals surface area contributed by atoms with Crippen molar-refractivity contribution >= 4 is 11.6 Å². The van der Waals surface area contributed by atoms with Gasteiger partial charge in [-0.05, 0) is 37.5 Å². The number of benzene rings is 2. The Morgan fingerprint density at radius 2 is 1.60 bits per heavy atom. The molecule has 0 aliphatic heterocycles. The van der Waals surface area contributed by atoms with E-state index in [1.165, 1.54) is 5.56 Å². The number of aryl methyl sites for hydroxylation is 1. The molecule has 1 amide bonds. The highest BCUT2D eigenvalue weighted by Crippen LogP contribution is 2.20. The van der Waals surface area contributed by atoms with E-state index < -0.39 is 5.54 Å². The van der Waals surface area contributed by atoms with Gasteiger partial charge in [0.1, 0.15) is 5.54 Å². The number of amides is 1. The van der Waals surface area contributed by atoms with E-state index in [0.29, 0.717) is 6.42 Å². The first-order valence-electron chi connectivity index (χ1n) is 6.77. The van der Waals surface area contributed by atoms with Crippen molar-refractivity contribution in [2.45, 2.75) is 25.3 Å². The molecule has 104 valence electrons. The lowest BCUT2D eigenvalue weighted by Crippen LogP contribution is -2.48. The minimum Gasteiger partial charge on any atom is -0.371 e. The maximum absolute atomic E-state index is 11.8. The Labute approximate surface area is 119 Å². The molecule has 0 radical (unpaired) electrons. The van der Waals surface area contributed by atoms with Crippen LogP contribution in [0.4, 0.5) is 5.69 Å². The van der Waals surface area contributed by atoms with E-state index in [1.807, 2.05) is 55.5 Å². The SMILES string of the molecule is CC(CCc1ccccc1)(Nc1ccccc1)C(N)=O. The van der Waals surface area contributed by atoms with Crippen molar-refractivity contribution in [3.63, 3.8) is 0 Å². The first-order valence-corrected chi connectivity index (χ1v) is 6.77. The summed E-state index contributed by atoms with van der Waals surface area (Å²) in [6.07, 6.45) is 1.46. The molecule has 2 aromatic carbocycles. The van der Waals surface area contributed by atoms with Gasteiger partial charge in [0.15, 0.2) is 0 Å². The van der Waals surface area contributed by atoms with Gasteiger partial charge in [-0.1, -0.05) is 48.5 Å². The highest BCUT2D eigenvalue weighted by Gasteiger charge is 2.30. The predicted octanol–water partition coefficient (Wildman–Crippen LogP) is 2.98. The number of hydrogen-bond donors (Lipinski definition) is 2. The summed E-state index contributed by atoms with van der Waals surface area (Å²) in [5, 5.41) is 3.25. The molecule has 0 bridgehead atoms. The monoisotopic (exact) mass is 268 g/mol. The number of carbonyl (C=O) groups excluding carboxylic acids is 1. The molecule has 0 heterocycles. The fourth-order valence-electron chi connectivity index (χ4n) is 2.13. The van der Waals surface area contributed by atoms with Gasteiger partial charge in [-0.25, -0.2) is 0 Å². The molecular weight excluding hydrogens is 248 g/mol. The molecule has 1 atom stereocenters. The van der Waals surface area contributed by atoms with Crippen LogP contribution in [0.1, 0.15) is 18.9 Å². The average Bonchev–Trinajstić information content (AvgIpc) is 2.47. The first-order chi connectivity index (χ1) is 9.60. The van der Waals surface area contributed by atoms with Gasteiger partial charge in [-0.15, -0.1) is 0 Å². The van der Waals surface area contributed by atoms with Gasteiger partial charge in [0.2, 0.25) is 5.91 Å². The number of anilines is 1.